The second-order valence-electron chi connectivity index (χ2n) is 6.96. The van der Waals surface area contributed by atoms with E-state index in [0.717, 1.165) is 11.1 Å². The van der Waals surface area contributed by atoms with Gasteiger partial charge in [-0.05, 0) is 34.8 Å². The maximum Gasteiger partial charge on any atom is 0.363 e. The number of allylic oxidation sites excluding steroid dienone is 2. The number of ether oxygens (including phenoxy) is 1. The second kappa shape index (κ2) is 6.89. The Hall–Kier alpha value is -2.94. The van der Waals surface area contributed by atoms with Crippen molar-refractivity contribution in [1.82, 2.24) is 0 Å². The molecule has 1 heterocycles. The number of hydrogen-bond acceptors (Lipinski definition) is 3. The Morgan fingerprint density at radius 2 is 1.64 bits per heavy atom. The molecule has 0 amide bonds. The van der Waals surface area contributed by atoms with Crippen LogP contribution < -0.4 is 0 Å². The first-order valence-electron chi connectivity index (χ1n) is 8.29. The number of esters is 1. The lowest BCUT2D eigenvalue weighted by Gasteiger charge is -2.18. The number of aliphatic imine (C=N–C) groups is 1. The number of carbonyl (C=O) groups is 1. The third-order valence-corrected chi connectivity index (χ3v) is 3.96. The third-order valence-electron chi connectivity index (χ3n) is 3.96. The fraction of sp³-hybridized carbons (Fsp3) is 0.182. The molecule has 0 aromatic heterocycles. The predicted molar refractivity (Wildman–Crippen MR) is 101 cm³/mol. The summed E-state index contributed by atoms with van der Waals surface area (Å²) in [7, 11) is 0. The zero-order valence-corrected chi connectivity index (χ0v) is 14.7. The molecule has 0 radical (unpaired) electrons. The Kier molecular flexibility index (Phi) is 4.66. The maximum absolute atomic E-state index is 12.0. The summed E-state index contributed by atoms with van der Waals surface area (Å²) in [5.41, 5.74) is 3.48. The van der Waals surface area contributed by atoms with Gasteiger partial charge in [-0.3, -0.25) is 0 Å². The van der Waals surface area contributed by atoms with Crippen molar-refractivity contribution >= 4 is 17.9 Å². The molecule has 0 saturated carbocycles. The van der Waals surface area contributed by atoms with Crippen LogP contribution in [0.15, 0.2) is 77.4 Å². The first-order chi connectivity index (χ1) is 11.9. The van der Waals surface area contributed by atoms with Gasteiger partial charge in [-0.25, -0.2) is 9.79 Å². The Balaban J connectivity index is 1.78. The first-order valence-corrected chi connectivity index (χ1v) is 8.29. The fourth-order valence-corrected chi connectivity index (χ4v) is 2.47. The molecule has 3 heteroatoms. The molecule has 1 aliphatic rings. The van der Waals surface area contributed by atoms with Crippen molar-refractivity contribution in [2.75, 3.05) is 0 Å². The molecule has 0 atom stereocenters. The highest BCUT2D eigenvalue weighted by molar-refractivity contribution is 6.11. The van der Waals surface area contributed by atoms with Crippen LogP contribution in [0.1, 0.15) is 37.5 Å². The van der Waals surface area contributed by atoms with Crippen molar-refractivity contribution in [2.45, 2.75) is 26.2 Å². The van der Waals surface area contributed by atoms with Gasteiger partial charge < -0.3 is 4.74 Å². The third kappa shape index (κ3) is 4.13. The van der Waals surface area contributed by atoms with Crippen molar-refractivity contribution in [3.63, 3.8) is 0 Å². The first kappa shape index (κ1) is 16.9. The van der Waals surface area contributed by atoms with Crippen LogP contribution in [-0.2, 0) is 14.9 Å². The molecular formula is C22H21NO2. The predicted octanol–water partition coefficient (Wildman–Crippen LogP) is 4.88. The Morgan fingerprint density at radius 3 is 2.28 bits per heavy atom. The summed E-state index contributed by atoms with van der Waals surface area (Å²) in [5.74, 6) is -0.0718. The van der Waals surface area contributed by atoms with E-state index < -0.39 is 5.97 Å². The van der Waals surface area contributed by atoms with E-state index in [1.807, 2.05) is 60.7 Å². The van der Waals surface area contributed by atoms with Crippen molar-refractivity contribution in [2.24, 2.45) is 4.99 Å². The monoisotopic (exact) mass is 331 g/mol. The molecule has 1 aliphatic heterocycles. The molecule has 25 heavy (non-hydrogen) atoms. The number of nitrogens with zero attached hydrogens (tertiary/aromatic N) is 1. The number of benzene rings is 2. The Labute approximate surface area is 148 Å². The average molecular weight is 331 g/mol. The minimum Gasteiger partial charge on any atom is -0.402 e. The van der Waals surface area contributed by atoms with E-state index in [0.29, 0.717) is 11.6 Å². The molecule has 126 valence electrons. The SMILES string of the molecule is CC(C)(C)c1ccc(C2=N/C(=C\C=C\c3ccccc3)C(=O)O2)cc1. The average Bonchev–Trinajstić information content (AvgIpc) is 2.96. The molecule has 0 aliphatic carbocycles. The topological polar surface area (TPSA) is 38.7 Å². The molecule has 0 bridgehead atoms. The van der Waals surface area contributed by atoms with Gasteiger partial charge in [-0.15, -0.1) is 0 Å². The van der Waals surface area contributed by atoms with Crippen LogP contribution >= 0.6 is 0 Å². The highest BCUT2D eigenvalue weighted by Crippen LogP contribution is 2.24. The normalized spacial score (nSPS) is 16.4. The molecule has 0 saturated heterocycles. The van der Waals surface area contributed by atoms with Gasteiger partial charge in [0, 0.05) is 5.56 Å². The lowest BCUT2D eigenvalue weighted by Crippen LogP contribution is -2.11. The standard InChI is InChI=1S/C22H21NO2/c1-22(2,3)18-14-12-17(13-15-18)20-23-19(21(24)25-20)11-7-10-16-8-5-4-6-9-16/h4-15H,1-3H3/b10-7+,19-11-. The number of cyclic esters (lactones) is 1. The molecule has 0 fully saturated rings. The summed E-state index contributed by atoms with van der Waals surface area (Å²) in [5, 5.41) is 0. The summed E-state index contributed by atoms with van der Waals surface area (Å²) in [6.45, 7) is 6.49. The molecule has 3 nitrogen and oxygen atoms in total. The molecule has 0 unspecified atom stereocenters. The smallest absolute Gasteiger partial charge is 0.363 e. The number of rotatable bonds is 3. The Bertz CT molecular complexity index is 851. The maximum atomic E-state index is 12.0. The summed E-state index contributed by atoms with van der Waals surface area (Å²) < 4.78 is 5.30. The van der Waals surface area contributed by atoms with Crippen LogP contribution in [0.3, 0.4) is 0 Å². The minimum absolute atomic E-state index is 0.0833. The van der Waals surface area contributed by atoms with Crippen LogP contribution in [0.5, 0.6) is 0 Å². The quantitative estimate of drug-likeness (QED) is 0.593. The van der Waals surface area contributed by atoms with Crippen LogP contribution in [0.4, 0.5) is 0 Å². The number of carbonyl (C=O) groups excluding carboxylic acids is 1. The van der Waals surface area contributed by atoms with E-state index in [1.54, 1.807) is 12.2 Å². The largest absolute Gasteiger partial charge is 0.402 e. The summed E-state index contributed by atoms with van der Waals surface area (Å²) in [6, 6.07) is 17.9. The second-order valence-corrected chi connectivity index (χ2v) is 6.96. The minimum atomic E-state index is -0.424. The zero-order chi connectivity index (χ0) is 17.9. The van der Waals surface area contributed by atoms with Crippen molar-refractivity contribution in [3.05, 3.63) is 89.1 Å². The van der Waals surface area contributed by atoms with E-state index in [1.165, 1.54) is 5.56 Å². The molecule has 2 aromatic rings. The zero-order valence-electron chi connectivity index (χ0n) is 14.7. The van der Waals surface area contributed by atoms with Gasteiger partial charge >= 0.3 is 5.97 Å². The van der Waals surface area contributed by atoms with E-state index in [-0.39, 0.29) is 5.41 Å². The van der Waals surface area contributed by atoms with Crippen LogP contribution in [-0.4, -0.2) is 11.9 Å². The van der Waals surface area contributed by atoms with Gasteiger partial charge in [0.1, 0.15) is 0 Å². The van der Waals surface area contributed by atoms with Gasteiger partial charge in [-0.2, -0.15) is 0 Å². The van der Waals surface area contributed by atoms with Gasteiger partial charge in [0.2, 0.25) is 5.90 Å². The summed E-state index contributed by atoms with van der Waals surface area (Å²) >= 11 is 0. The fourth-order valence-electron chi connectivity index (χ4n) is 2.47. The van der Waals surface area contributed by atoms with Crippen molar-refractivity contribution in [3.8, 4) is 0 Å². The summed E-state index contributed by atoms with van der Waals surface area (Å²) in [6.07, 6.45) is 5.40. The lowest BCUT2D eigenvalue weighted by atomic mass is 9.87. The molecular weight excluding hydrogens is 310 g/mol. The molecule has 0 spiro atoms. The summed E-state index contributed by atoms with van der Waals surface area (Å²) in [4.78, 5) is 16.3. The highest BCUT2D eigenvalue weighted by Gasteiger charge is 2.24. The Morgan fingerprint density at radius 1 is 0.960 bits per heavy atom. The van der Waals surface area contributed by atoms with E-state index >= 15 is 0 Å². The van der Waals surface area contributed by atoms with Gasteiger partial charge in [0.25, 0.3) is 0 Å². The lowest BCUT2D eigenvalue weighted by molar-refractivity contribution is -0.130. The highest BCUT2D eigenvalue weighted by atomic mass is 16.6. The van der Waals surface area contributed by atoms with E-state index in [9.17, 15) is 4.79 Å². The van der Waals surface area contributed by atoms with Gasteiger partial charge in [-0.1, -0.05) is 75.4 Å². The molecule has 3 rings (SSSR count). The number of hydrogen-bond donors (Lipinski definition) is 0. The van der Waals surface area contributed by atoms with Crippen LogP contribution in [0.25, 0.3) is 6.08 Å². The van der Waals surface area contributed by atoms with Crippen molar-refractivity contribution in [1.29, 1.82) is 0 Å². The van der Waals surface area contributed by atoms with E-state index in [2.05, 4.69) is 25.8 Å². The van der Waals surface area contributed by atoms with Gasteiger partial charge in [0.15, 0.2) is 5.70 Å². The van der Waals surface area contributed by atoms with Crippen LogP contribution in [0.2, 0.25) is 0 Å². The van der Waals surface area contributed by atoms with Gasteiger partial charge in [0.05, 0.1) is 0 Å². The van der Waals surface area contributed by atoms with Crippen molar-refractivity contribution < 1.29 is 9.53 Å². The molecule has 2 aromatic carbocycles. The molecule has 0 N–H and O–H groups in total. The van der Waals surface area contributed by atoms with E-state index in [4.69, 9.17) is 4.74 Å². The van der Waals surface area contributed by atoms with Crippen LogP contribution in [0, 0.1) is 0 Å².